The summed E-state index contributed by atoms with van der Waals surface area (Å²) < 4.78 is 2.16. The van der Waals surface area contributed by atoms with E-state index in [2.05, 4.69) is 75.8 Å². The number of carbonyl (C=O) groups excluding carboxylic acids is 1. The Morgan fingerprint density at radius 1 is 0.968 bits per heavy atom. The molecule has 1 amide bonds. The summed E-state index contributed by atoms with van der Waals surface area (Å²) in [7, 11) is 4.18. The normalized spacial score (nSPS) is 20.4. The number of fused-ring (bicyclic) bond motifs is 1. The van der Waals surface area contributed by atoms with Crippen molar-refractivity contribution in [3.63, 3.8) is 0 Å². The lowest BCUT2D eigenvalue weighted by molar-refractivity contribution is -0.134. The third-order valence-electron chi connectivity index (χ3n) is 6.80. The van der Waals surface area contributed by atoms with Crippen LogP contribution < -0.4 is 4.90 Å². The van der Waals surface area contributed by atoms with E-state index in [0.29, 0.717) is 5.91 Å². The van der Waals surface area contributed by atoms with Gasteiger partial charge >= 0.3 is 0 Å². The van der Waals surface area contributed by atoms with Gasteiger partial charge in [0.05, 0.1) is 17.0 Å². The van der Waals surface area contributed by atoms with Gasteiger partial charge in [-0.05, 0) is 50.7 Å². The minimum atomic E-state index is 0.178. The van der Waals surface area contributed by atoms with Crippen LogP contribution in [0.2, 0.25) is 0 Å². The average Bonchev–Trinajstić information content (AvgIpc) is 3.27. The number of para-hydroxylation sites is 2. The molecule has 2 aliphatic rings. The van der Waals surface area contributed by atoms with Crippen molar-refractivity contribution in [1.29, 1.82) is 0 Å². The summed E-state index contributed by atoms with van der Waals surface area (Å²) in [5, 5.41) is 0. The van der Waals surface area contributed by atoms with Crippen LogP contribution in [0, 0.1) is 5.92 Å². The fourth-order valence-corrected chi connectivity index (χ4v) is 5.04. The first-order valence-corrected chi connectivity index (χ1v) is 11.3. The molecule has 162 valence electrons. The number of aryl methyl sites for hydroxylation is 1. The minimum Gasteiger partial charge on any atom is -0.370 e. The first-order chi connectivity index (χ1) is 15.1. The topological polar surface area (TPSA) is 44.6 Å². The fourth-order valence-electron chi connectivity index (χ4n) is 5.04. The Kier molecular flexibility index (Phi) is 5.40. The van der Waals surface area contributed by atoms with Crippen molar-refractivity contribution in [2.45, 2.75) is 12.8 Å². The van der Waals surface area contributed by atoms with Crippen molar-refractivity contribution in [3.8, 4) is 11.4 Å². The molecule has 3 aromatic rings. The monoisotopic (exact) mass is 417 g/mol. The number of hydrogen-bond donors (Lipinski definition) is 0. The van der Waals surface area contributed by atoms with Gasteiger partial charge in [0.1, 0.15) is 5.82 Å². The molecular weight excluding hydrogens is 386 g/mol. The van der Waals surface area contributed by atoms with Crippen LogP contribution >= 0.6 is 0 Å². The summed E-state index contributed by atoms with van der Waals surface area (Å²) in [6.45, 7) is 5.45. The molecule has 6 nitrogen and oxygen atoms in total. The van der Waals surface area contributed by atoms with E-state index in [1.54, 1.807) is 0 Å². The Labute approximate surface area is 184 Å². The molecule has 31 heavy (non-hydrogen) atoms. The summed E-state index contributed by atoms with van der Waals surface area (Å²) >= 11 is 0. The molecule has 1 unspecified atom stereocenters. The van der Waals surface area contributed by atoms with Crippen molar-refractivity contribution in [2.24, 2.45) is 13.0 Å². The van der Waals surface area contributed by atoms with Crippen molar-refractivity contribution >= 4 is 22.6 Å². The lowest BCUT2D eigenvalue weighted by Crippen LogP contribution is -2.39. The summed E-state index contributed by atoms with van der Waals surface area (Å²) in [5.41, 5.74) is 4.50. The van der Waals surface area contributed by atoms with E-state index < -0.39 is 0 Å². The van der Waals surface area contributed by atoms with Crippen LogP contribution in [-0.4, -0.2) is 71.6 Å². The Hall–Kier alpha value is -2.86. The largest absolute Gasteiger partial charge is 0.370 e. The number of imidazole rings is 1. The van der Waals surface area contributed by atoms with E-state index >= 15 is 0 Å². The lowest BCUT2D eigenvalue weighted by atomic mass is 10.1. The lowest BCUT2D eigenvalue weighted by Gasteiger charge is -2.25. The van der Waals surface area contributed by atoms with Crippen molar-refractivity contribution in [2.75, 3.05) is 51.2 Å². The van der Waals surface area contributed by atoms with Gasteiger partial charge < -0.3 is 19.3 Å². The minimum absolute atomic E-state index is 0.178. The van der Waals surface area contributed by atoms with Gasteiger partial charge in [0, 0.05) is 51.0 Å². The van der Waals surface area contributed by atoms with Crippen LogP contribution in [0.25, 0.3) is 22.4 Å². The van der Waals surface area contributed by atoms with Gasteiger partial charge in [-0.15, -0.1) is 0 Å². The van der Waals surface area contributed by atoms with Crippen LogP contribution in [0.5, 0.6) is 0 Å². The van der Waals surface area contributed by atoms with E-state index in [-0.39, 0.29) is 5.92 Å². The third-order valence-corrected chi connectivity index (χ3v) is 6.80. The molecule has 6 heteroatoms. The molecule has 1 atom stereocenters. The Morgan fingerprint density at radius 2 is 1.84 bits per heavy atom. The number of amides is 1. The zero-order chi connectivity index (χ0) is 21.4. The maximum Gasteiger partial charge on any atom is 0.227 e. The number of benzene rings is 2. The second-order valence-corrected chi connectivity index (χ2v) is 8.95. The zero-order valence-corrected chi connectivity index (χ0v) is 18.5. The highest BCUT2D eigenvalue weighted by atomic mass is 16.2. The highest BCUT2D eigenvalue weighted by molar-refractivity contribution is 5.81. The Morgan fingerprint density at radius 3 is 2.65 bits per heavy atom. The number of nitrogens with zero attached hydrogens (tertiary/aromatic N) is 5. The van der Waals surface area contributed by atoms with Gasteiger partial charge in [-0.2, -0.15) is 0 Å². The molecule has 0 spiro atoms. The number of rotatable bonds is 3. The third kappa shape index (κ3) is 3.92. The molecule has 2 saturated heterocycles. The average molecular weight is 418 g/mol. The van der Waals surface area contributed by atoms with Gasteiger partial charge in [0.25, 0.3) is 0 Å². The standard InChI is InChI=1S/C25H31N5O/c1-27-14-11-20(18-27)25(31)30-13-6-12-29(15-16-30)21-8-5-7-19(17-21)24-26-22-9-3-4-10-23(22)28(24)2/h3-5,7-10,17,20H,6,11-16,18H2,1-2H3. The van der Waals surface area contributed by atoms with Gasteiger partial charge in [0.15, 0.2) is 0 Å². The van der Waals surface area contributed by atoms with Crippen molar-refractivity contribution in [3.05, 3.63) is 48.5 Å². The Bertz CT molecular complexity index is 1090. The summed E-state index contributed by atoms with van der Waals surface area (Å²) in [4.78, 5) is 24.6. The van der Waals surface area contributed by atoms with E-state index in [4.69, 9.17) is 4.98 Å². The van der Waals surface area contributed by atoms with E-state index in [0.717, 1.165) is 74.5 Å². The maximum atomic E-state index is 13.0. The predicted octanol–water partition coefficient (Wildman–Crippen LogP) is 3.23. The predicted molar refractivity (Wildman–Crippen MR) is 125 cm³/mol. The van der Waals surface area contributed by atoms with Crippen LogP contribution in [0.3, 0.4) is 0 Å². The highest BCUT2D eigenvalue weighted by Crippen LogP contribution is 2.28. The van der Waals surface area contributed by atoms with Gasteiger partial charge in [-0.1, -0.05) is 24.3 Å². The molecule has 1 aromatic heterocycles. The van der Waals surface area contributed by atoms with E-state index in [1.807, 2.05) is 6.07 Å². The number of aromatic nitrogens is 2. The summed E-state index contributed by atoms with van der Waals surface area (Å²) in [5.74, 6) is 1.51. The second kappa shape index (κ2) is 8.35. The van der Waals surface area contributed by atoms with Crippen molar-refractivity contribution in [1.82, 2.24) is 19.4 Å². The molecule has 2 aliphatic heterocycles. The van der Waals surface area contributed by atoms with Gasteiger partial charge in [-0.3, -0.25) is 4.79 Å². The fraction of sp³-hybridized carbons (Fsp3) is 0.440. The SMILES string of the molecule is CN1CCC(C(=O)N2CCCN(c3cccc(-c4nc5ccccc5n4C)c3)CC2)C1. The quantitative estimate of drug-likeness (QED) is 0.656. The van der Waals surface area contributed by atoms with Crippen molar-refractivity contribution < 1.29 is 4.79 Å². The van der Waals surface area contributed by atoms with E-state index in [9.17, 15) is 4.79 Å². The molecule has 0 radical (unpaired) electrons. The number of likely N-dealkylation sites (tertiary alicyclic amines) is 1. The molecule has 3 heterocycles. The smallest absolute Gasteiger partial charge is 0.227 e. The first-order valence-electron chi connectivity index (χ1n) is 11.3. The van der Waals surface area contributed by atoms with E-state index in [1.165, 1.54) is 5.69 Å². The molecule has 0 aliphatic carbocycles. The summed E-state index contributed by atoms with van der Waals surface area (Å²) in [6, 6.07) is 16.9. The van der Waals surface area contributed by atoms with Gasteiger partial charge in [0.2, 0.25) is 5.91 Å². The van der Waals surface area contributed by atoms with Gasteiger partial charge in [-0.25, -0.2) is 4.98 Å². The van der Waals surface area contributed by atoms with Crippen LogP contribution in [0.4, 0.5) is 5.69 Å². The highest BCUT2D eigenvalue weighted by Gasteiger charge is 2.30. The maximum absolute atomic E-state index is 13.0. The summed E-state index contributed by atoms with van der Waals surface area (Å²) in [6.07, 6.45) is 2.00. The zero-order valence-electron chi connectivity index (χ0n) is 18.5. The Balaban J connectivity index is 1.33. The first kappa shape index (κ1) is 20.1. The second-order valence-electron chi connectivity index (χ2n) is 8.95. The number of hydrogen-bond acceptors (Lipinski definition) is 4. The molecule has 0 bridgehead atoms. The molecule has 0 saturated carbocycles. The molecule has 2 aromatic carbocycles. The van der Waals surface area contributed by atoms with Crippen LogP contribution in [0.15, 0.2) is 48.5 Å². The molecular formula is C25H31N5O. The molecule has 0 N–H and O–H groups in total. The van der Waals surface area contributed by atoms with Crippen LogP contribution in [0.1, 0.15) is 12.8 Å². The number of anilines is 1. The molecule has 5 rings (SSSR count). The van der Waals surface area contributed by atoms with Crippen LogP contribution in [-0.2, 0) is 11.8 Å². The molecule has 2 fully saturated rings. The number of carbonyl (C=O) groups is 1.